The van der Waals surface area contributed by atoms with Gasteiger partial charge in [-0.25, -0.2) is 0 Å². The average Bonchev–Trinajstić information content (AvgIpc) is 2.27. The largest absolute Gasteiger partial charge is 0.342 e. The fraction of sp³-hybridized carbons (Fsp3) is 0.917. The highest BCUT2D eigenvalue weighted by atomic mass is 16.2. The molecular formula is C12H24N2O. The van der Waals surface area contributed by atoms with Gasteiger partial charge in [-0.1, -0.05) is 20.8 Å². The van der Waals surface area contributed by atoms with Crippen LogP contribution in [0, 0.1) is 17.8 Å². The monoisotopic (exact) mass is 212 g/mol. The Morgan fingerprint density at radius 1 is 1.47 bits per heavy atom. The van der Waals surface area contributed by atoms with Gasteiger partial charge in [0.25, 0.3) is 0 Å². The molecule has 88 valence electrons. The normalized spacial score (nSPS) is 24.3. The van der Waals surface area contributed by atoms with Crippen molar-refractivity contribution in [3.8, 4) is 0 Å². The van der Waals surface area contributed by atoms with E-state index in [1.165, 1.54) is 6.42 Å². The van der Waals surface area contributed by atoms with E-state index in [-0.39, 0.29) is 5.92 Å². The van der Waals surface area contributed by atoms with Gasteiger partial charge in [-0.05, 0) is 31.2 Å². The van der Waals surface area contributed by atoms with E-state index in [1.54, 1.807) is 0 Å². The SMILES string of the molecule is CC(C)C(C)C(=O)N1CCCC(CN)C1. The minimum Gasteiger partial charge on any atom is -0.342 e. The minimum absolute atomic E-state index is 0.140. The van der Waals surface area contributed by atoms with Crippen molar-refractivity contribution in [1.29, 1.82) is 0 Å². The fourth-order valence-electron chi connectivity index (χ4n) is 2.03. The molecule has 0 aromatic rings. The van der Waals surface area contributed by atoms with Crippen molar-refractivity contribution in [1.82, 2.24) is 4.90 Å². The van der Waals surface area contributed by atoms with Crippen LogP contribution in [0.25, 0.3) is 0 Å². The van der Waals surface area contributed by atoms with Gasteiger partial charge >= 0.3 is 0 Å². The first kappa shape index (κ1) is 12.5. The van der Waals surface area contributed by atoms with Gasteiger partial charge in [-0.2, -0.15) is 0 Å². The lowest BCUT2D eigenvalue weighted by atomic mass is 9.93. The predicted octanol–water partition coefficient (Wildman–Crippen LogP) is 1.48. The molecule has 1 heterocycles. The minimum atomic E-state index is 0.140. The number of hydrogen-bond acceptors (Lipinski definition) is 2. The molecule has 0 radical (unpaired) electrons. The van der Waals surface area contributed by atoms with Crippen LogP contribution in [-0.4, -0.2) is 30.4 Å². The first-order valence-electron chi connectivity index (χ1n) is 6.05. The molecule has 2 atom stereocenters. The summed E-state index contributed by atoms with van der Waals surface area (Å²) >= 11 is 0. The highest BCUT2D eigenvalue weighted by molar-refractivity contribution is 5.78. The Kier molecular flexibility index (Phi) is 4.58. The van der Waals surface area contributed by atoms with Crippen LogP contribution in [0.3, 0.4) is 0 Å². The van der Waals surface area contributed by atoms with Crippen molar-refractivity contribution in [2.45, 2.75) is 33.6 Å². The molecule has 1 saturated heterocycles. The van der Waals surface area contributed by atoms with Gasteiger partial charge < -0.3 is 10.6 Å². The topological polar surface area (TPSA) is 46.3 Å². The van der Waals surface area contributed by atoms with Crippen molar-refractivity contribution in [2.75, 3.05) is 19.6 Å². The molecule has 1 aliphatic heterocycles. The zero-order chi connectivity index (χ0) is 11.4. The first-order valence-corrected chi connectivity index (χ1v) is 6.05. The summed E-state index contributed by atoms with van der Waals surface area (Å²) in [6.45, 7) is 8.73. The highest BCUT2D eigenvalue weighted by Crippen LogP contribution is 2.20. The molecule has 1 amide bonds. The third kappa shape index (κ3) is 3.20. The van der Waals surface area contributed by atoms with E-state index in [4.69, 9.17) is 5.73 Å². The van der Waals surface area contributed by atoms with Crippen molar-refractivity contribution in [3.63, 3.8) is 0 Å². The van der Waals surface area contributed by atoms with E-state index in [1.807, 2.05) is 11.8 Å². The maximum absolute atomic E-state index is 12.1. The summed E-state index contributed by atoms with van der Waals surface area (Å²) in [7, 11) is 0. The van der Waals surface area contributed by atoms with Gasteiger partial charge in [0.1, 0.15) is 0 Å². The molecule has 1 rings (SSSR count). The van der Waals surface area contributed by atoms with Gasteiger partial charge in [-0.15, -0.1) is 0 Å². The zero-order valence-corrected chi connectivity index (χ0v) is 10.2. The first-order chi connectivity index (χ1) is 7.06. The molecule has 15 heavy (non-hydrogen) atoms. The van der Waals surface area contributed by atoms with Crippen molar-refractivity contribution in [2.24, 2.45) is 23.5 Å². The Morgan fingerprint density at radius 2 is 2.13 bits per heavy atom. The van der Waals surface area contributed by atoms with Gasteiger partial charge in [0.15, 0.2) is 0 Å². The van der Waals surface area contributed by atoms with Crippen LogP contribution in [0.2, 0.25) is 0 Å². The van der Waals surface area contributed by atoms with Crippen LogP contribution >= 0.6 is 0 Å². The second-order valence-electron chi connectivity index (χ2n) is 5.06. The van der Waals surface area contributed by atoms with Crippen molar-refractivity contribution < 1.29 is 4.79 Å². The molecule has 0 aromatic heterocycles. The average molecular weight is 212 g/mol. The standard InChI is InChI=1S/C12H24N2O/c1-9(2)10(3)12(15)14-6-4-5-11(7-13)8-14/h9-11H,4-8,13H2,1-3H3. The second-order valence-corrected chi connectivity index (χ2v) is 5.06. The summed E-state index contributed by atoms with van der Waals surface area (Å²) < 4.78 is 0. The van der Waals surface area contributed by atoms with E-state index in [9.17, 15) is 4.79 Å². The zero-order valence-electron chi connectivity index (χ0n) is 10.2. The molecule has 2 unspecified atom stereocenters. The smallest absolute Gasteiger partial charge is 0.225 e. The van der Waals surface area contributed by atoms with Crippen LogP contribution in [-0.2, 0) is 4.79 Å². The summed E-state index contributed by atoms with van der Waals surface area (Å²) in [5.74, 6) is 1.39. The number of piperidine rings is 1. The Morgan fingerprint density at radius 3 is 2.67 bits per heavy atom. The lowest BCUT2D eigenvalue weighted by Crippen LogP contribution is -2.45. The van der Waals surface area contributed by atoms with Crippen molar-refractivity contribution in [3.05, 3.63) is 0 Å². The number of amides is 1. The summed E-state index contributed by atoms with van der Waals surface area (Å²) in [5.41, 5.74) is 5.66. The van der Waals surface area contributed by atoms with Crippen LogP contribution in [0.5, 0.6) is 0 Å². The number of nitrogens with zero attached hydrogens (tertiary/aromatic N) is 1. The third-order valence-electron chi connectivity index (χ3n) is 3.55. The molecule has 2 N–H and O–H groups in total. The number of rotatable bonds is 3. The predicted molar refractivity (Wildman–Crippen MR) is 62.4 cm³/mol. The summed E-state index contributed by atoms with van der Waals surface area (Å²) in [4.78, 5) is 14.1. The third-order valence-corrected chi connectivity index (χ3v) is 3.55. The quantitative estimate of drug-likeness (QED) is 0.770. The Labute approximate surface area is 93.0 Å². The Balaban J connectivity index is 2.52. The van der Waals surface area contributed by atoms with Gasteiger partial charge in [0.05, 0.1) is 0 Å². The molecule has 1 aliphatic rings. The molecule has 1 fully saturated rings. The lowest BCUT2D eigenvalue weighted by Gasteiger charge is -2.34. The number of nitrogens with two attached hydrogens (primary N) is 1. The van der Waals surface area contributed by atoms with E-state index >= 15 is 0 Å². The Bertz CT molecular complexity index is 216. The van der Waals surface area contributed by atoms with E-state index in [2.05, 4.69) is 13.8 Å². The summed E-state index contributed by atoms with van der Waals surface area (Å²) in [6, 6.07) is 0. The van der Waals surface area contributed by atoms with Crippen LogP contribution < -0.4 is 5.73 Å². The fourth-order valence-corrected chi connectivity index (χ4v) is 2.03. The van der Waals surface area contributed by atoms with E-state index in [0.29, 0.717) is 24.3 Å². The van der Waals surface area contributed by atoms with E-state index in [0.717, 1.165) is 19.5 Å². The van der Waals surface area contributed by atoms with Crippen LogP contribution in [0.4, 0.5) is 0 Å². The van der Waals surface area contributed by atoms with Crippen LogP contribution in [0.15, 0.2) is 0 Å². The molecule has 0 saturated carbocycles. The van der Waals surface area contributed by atoms with Gasteiger partial charge in [0, 0.05) is 19.0 Å². The lowest BCUT2D eigenvalue weighted by molar-refractivity contribution is -0.138. The number of carbonyl (C=O) groups excluding carboxylic acids is 1. The Hall–Kier alpha value is -0.570. The van der Waals surface area contributed by atoms with Gasteiger partial charge in [-0.3, -0.25) is 4.79 Å². The molecule has 0 aliphatic carbocycles. The maximum Gasteiger partial charge on any atom is 0.225 e. The van der Waals surface area contributed by atoms with Crippen molar-refractivity contribution >= 4 is 5.91 Å². The van der Waals surface area contributed by atoms with E-state index < -0.39 is 0 Å². The van der Waals surface area contributed by atoms with Gasteiger partial charge in [0.2, 0.25) is 5.91 Å². The molecule has 0 aromatic carbocycles. The highest BCUT2D eigenvalue weighted by Gasteiger charge is 2.27. The second kappa shape index (κ2) is 5.50. The maximum atomic E-state index is 12.1. The molecule has 3 nitrogen and oxygen atoms in total. The number of likely N-dealkylation sites (tertiary alicyclic amines) is 1. The number of carbonyl (C=O) groups is 1. The molecule has 3 heteroatoms. The van der Waals surface area contributed by atoms with Crippen LogP contribution in [0.1, 0.15) is 33.6 Å². The number of hydrogen-bond donors (Lipinski definition) is 1. The molecule has 0 spiro atoms. The molecular weight excluding hydrogens is 188 g/mol. The summed E-state index contributed by atoms with van der Waals surface area (Å²) in [6.07, 6.45) is 2.29. The molecule has 0 bridgehead atoms. The summed E-state index contributed by atoms with van der Waals surface area (Å²) in [5, 5.41) is 0.